The SMILES string of the molecule is O=C(CCC(=O)c1ccc(Cl)cc1)Nc1ccc(F)c(Cl)c1. The molecule has 2 aromatic carbocycles. The normalized spacial score (nSPS) is 10.3. The molecule has 0 aromatic heterocycles. The van der Waals surface area contributed by atoms with Gasteiger partial charge in [-0.3, -0.25) is 9.59 Å². The summed E-state index contributed by atoms with van der Waals surface area (Å²) in [4.78, 5) is 23.7. The van der Waals surface area contributed by atoms with Crippen LogP contribution in [0.5, 0.6) is 0 Å². The van der Waals surface area contributed by atoms with Crippen LogP contribution in [0, 0.1) is 5.82 Å². The maximum Gasteiger partial charge on any atom is 0.224 e. The highest BCUT2D eigenvalue weighted by Gasteiger charge is 2.10. The fourth-order valence-electron chi connectivity index (χ4n) is 1.80. The zero-order valence-electron chi connectivity index (χ0n) is 11.4. The zero-order chi connectivity index (χ0) is 16.1. The van der Waals surface area contributed by atoms with E-state index in [-0.39, 0.29) is 29.6 Å². The van der Waals surface area contributed by atoms with Crippen molar-refractivity contribution >= 4 is 40.6 Å². The van der Waals surface area contributed by atoms with Crippen molar-refractivity contribution in [1.29, 1.82) is 0 Å². The zero-order valence-corrected chi connectivity index (χ0v) is 12.9. The van der Waals surface area contributed by atoms with Gasteiger partial charge in [0.1, 0.15) is 5.82 Å². The van der Waals surface area contributed by atoms with Crippen LogP contribution >= 0.6 is 23.2 Å². The molecule has 0 aliphatic carbocycles. The maximum absolute atomic E-state index is 13.0. The van der Waals surface area contributed by atoms with Gasteiger partial charge in [-0.25, -0.2) is 4.39 Å². The van der Waals surface area contributed by atoms with Crippen molar-refractivity contribution < 1.29 is 14.0 Å². The maximum atomic E-state index is 13.0. The van der Waals surface area contributed by atoms with Gasteiger partial charge in [0.15, 0.2) is 5.78 Å². The summed E-state index contributed by atoms with van der Waals surface area (Å²) in [6.45, 7) is 0. The van der Waals surface area contributed by atoms with Crippen molar-refractivity contribution in [3.05, 3.63) is 63.9 Å². The molecule has 0 aliphatic heterocycles. The lowest BCUT2D eigenvalue weighted by Gasteiger charge is -2.06. The second-order valence-corrected chi connectivity index (χ2v) is 5.45. The highest BCUT2D eigenvalue weighted by molar-refractivity contribution is 6.31. The molecule has 0 radical (unpaired) electrons. The highest BCUT2D eigenvalue weighted by atomic mass is 35.5. The first kappa shape index (κ1) is 16.5. The number of carbonyl (C=O) groups is 2. The lowest BCUT2D eigenvalue weighted by Crippen LogP contribution is -2.13. The van der Waals surface area contributed by atoms with Crippen LogP contribution in [-0.2, 0) is 4.79 Å². The Morgan fingerprint density at radius 2 is 1.68 bits per heavy atom. The molecule has 0 aliphatic rings. The molecule has 2 aromatic rings. The molecule has 1 amide bonds. The average molecular weight is 340 g/mol. The molecule has 0 atom stereocenters. The van der Waals surface area contributed by atoms with Crippen molar-refractivity contribution in [2.75, 3.05) is 5.32 Å². The van der Waals surface area contributed by atoms with E-state index in [2.05, 4.69) is 5.32 Å². The molecule has 0 heterocycles. The standard InChI is InChI=1S/C16H12Cl2FNO2/c17-11-3-1-10(2-4-11)15(21)7-8-16(22)20-12-5-6-14(19)13(18)9-12/h1-6,9H,7-8H2,(H,20,22). The number of nitrogens with one attached hydrogen (secondary N) is 1. The van der Waals surface area contributed by atoms with Crippen molar-refractivity contribution in [2.24, 2.45) is 0 Å². The predicted molar refractivity (Wildman–Crippen MR) is 85.1 cm³/mol. The molecule has 0 saturated carbocycles. The summed E-state index contributed by atoms with van der Waals surface area (Å²) in [6, 6.07) is 10.3. The van der Waals surface area contributed by atoms with Crippen LogP contribution < -0.4 is 5.32 Å². The van der Waals surface area contributed by atoms with Gasteiger partial charge < -0.3 is 5.32 Å². The van der Waals surface area contributed by atoms with E-state index in [1.807, 2.05) is 0 Å². The van der Waals surface area contributed by atoms with Crippen molar-refractivity contribution in [3.8, 4) is 0 Å². The summed E-state index contributed by atoms with van der Waals surface area (Å²) in [6.07, 6.45) is 0.0961. The number of anilines is 1. The van der Waals surface area contributed by atoms with Gasteiger partial charge in [-0.15, -0.1) is 0 Å². The number of halogens is 3. The number of Topliss-reactive ketones (excluding diaryl/α,β-unsaturated/α-hetero) is 1. The second kappa shape index (κ2) is 7.38. The number of amides is 1. The smallest absolute Gasteiger partial charge is 0.224 e. The molecule has 2 rings (SSSR count). The van der Waals surface area contributed by atoms with Gasteiger partial charge in [0, 0.05) is 29.1 Å². The first-order valence-corrected chi connectivity index (χ1v) is 7.25. The summed E-state index contributed by atoms with van der Waals surface area (Å²) >= 11 is 11.4. The summed E-state index contributed by atoms with van der Waals surface area (Å²) < 4.78 is 13.0. The van der Waals surface area contributed by atoms with Crippen LogP contribution in [0.1, 0.15) is 23.2 Å². The molecule has 0 spiro atoms. The van der Waals surface area contributed by atoms with E-state index >= 15 is 0 Å². The Labute approximate surface area is 137 Å². The Bertz CT molecular complexity index is 702. The molecule has 1 N–H and O–H groups in total. The predicted octanol–water partition coefficient (Wildman–Crippen LogP) is 4.73. The van der Waals surface area contributed by atoms with E-state index < -0.39 is 5.82 Å². The molecule has 6 heteroatoms. The van der Waals surface area contributed by atoms with E-state index in [1.54, 1.807) is 24.3 Å². The van der Waals surface area contributed by atoms with Gasteiger partial charge in [-0.2, -0.15) is 0 Å². The van der Waals surface area contributed by atoms with Crippen LogP contribution in [0.3, 0.4) is 0 Å². The Morgan fingerprint density at radius 3 is 2.32 bits per heavy atom. The van der Waals surface area contributed by atoms with Gasteiger partial charge in [0.25, 0.3) is 0 Å². The lowest BCUT2D eigenvalue weighted by atomic mass is 10.1. The third kappa shape index (κ3) is 4.55. The topological polar surface area (TPSA) is 46.2 Å². The number of ketones is 1. The number of carbonyl (C=O) groups excluding carboxylic acids is 2. The van der Waals surface area contributed by atoms with E-state index in [0.29, 0.717) is 16.3 Å². The first-order chi connectivity index (χ1) is 10.5. The van der Waals surface area contributed by atoms with Gasteiger partial charge in [-0.1, -0.05) is 23.2 Å². The molecular weight excluding hydrogens is 328 g/mol. The van der Waals surface area contributed by atoms with E-state index in [1.165, 1.54) is 12.1 Å². The summed E-state index contributed by atoms with van der Waals surface area (Å²) in [5.41, 5.74) is 0.886. The number of hydrogen-bond acceptors (Lipinski definition) is 2. The van der Waals surface area contributed by atoms with Gasteiger partial charge in [-0.05, 0) is 42.5 Å². The van der Waals surface area contributed by atoms with E-state index in [9.17, 15) is 14.0 Å². The molecule has 0 unspecified atom stereocenters. The highest BCUT2D eigenvalue weighted by Crippen LogP contribution is 2.19. The van der Waals surface area contributed by atoms with Gasteiger partial charge >= 0.3 is 0 Å². The number of benzene rings is 2. The molecule has 0 saturated heterocycles. The minimum atomic E-state index is -0.558. The first-order valence-electron chi connectivity index (χ1n) is 6.49. The minimum absolute atomic E-state index is 0.0243. The third-order valence-electron chi connectivity index (χ3n) is 2.95. The third-order valence-corrected chi connectivity index (χ3v) is 3.49. The van der Waals surface area contributed by atoms with Crippen molar-refractivity contribution in [1.82, 2.24) is 0 Å². The molecular formula is C16H12Cl2FNO2. The van der Waals surface area contributed by atoms with Crippen LogP contribution in [0.25, 0.3) is 0 Å². The summed E-state index contributed by atoms with van der Waals surface area (Å²) in [5, 5.41) is 3.03. The molecule has 114 valence electrons. The fraction of sp³-hybridized carbons (Fsp3) is 0.125. The van der Waals surface area contributed by atoms with Crippen molar-refractivity contribution in [3.63, 3.8) is 0 Å². The monoisotopic (exact) mass is 339 g/mol. The quantitative estimate of drug-likeness (QED) is 0.800. The van der Waals surface area contributed by atoms with Crippen LogP contribution in [0.4, 0.5) is 10.1 Å². The molecule has 3 nitrogen and oxygen atoms in total. The Morgan fingerprint density at radius 1 is 1.00 bits per heavy atom. The van der Waals surface area contributed by atoms with Crippen LogP contribution in [0.2, 0.25) is 10.0 Å². The van der Waals surface area contributed by atoms with E-state index in [0.717, 1.165) is 6.07 Å². The molecule has 0 bridgehead atoms. The number of hydrogen-bond donors (Lipinski definition) is 1. The molecule has 22 heavy (non-hydrogen) atoms. The lowest BCUT2D eigenvalue weighted by molar-refractivity contribution is -0.116. The summed E-state index contributed by atoms with van der Waals surface area (Å²) in [7, 11) is 0. The summed E-state index contributed by atoms with van der Waals surface area (Å²) in [5.74, 6) is -1.05. The Hall–Kier alpha value is -1.91. The van der Waals surface area contributed by atoms with E-state index in [4.69, 9.17) is 23.2 Å². The van der Waals surface area contributed by atoms with Gasteiger partial charge in [0.05, 0.1) is 5.02 Å². The van der Waals surface area contributed by atoms with Crippen molar-refractivity contribution in [2.45, 2.75) is 12.8 Å². The van der Waals surface area contributed by atoms with Gasteiger partial charge in [0.2, 0.25) is 5.91 Å². The Kier molecular flexibility index (Phi) is 5.52. The van der Waals surface area contributed by atoms with Crippen LogP contribution in [0.15, 0.2) is 42.5 Å². The van der Waals surface area contributed by atoms with Crippen LogP contribution in [-0.4, -0.2) is 11.7 Å². The average Bonchev–Trinajstić information content (AvgIpc) is 2.49. The minimum Gasteiger partial charge on any atom is -0.326 e. The largest absolute Gasteiger partial charge is 0.326 e. The Balaban J connectivity index is 1.88. The molecule has 0 fully saturated rings. The second-order valence-electron chi connectivity index (χ2n) is 4.61. The number of rotatable bonds is 5. The fourth-order valence-corrected chi connectivity index (χ4v) is 2.11.